The number of hydrogen-bond donors (Lipinski definition) is 0. The molecule has 0 radical (unpaired) electrons. The summed E-state index contributed by atoms with van der Waals surface area (Å²) in [6.07, 6.45) is 4.56. The molecule has 14 atom stereocenters. The van der Waals surface area contributed by atoms with Gasteiger partial charge in [0.05, 0.1) is 10.8 Å². The maximum atomic E-state index is 13.4. The number of fused-ring (bicyclic) bond motifs is 4. The van der Waals surface area contributed by atoms with E-state index in [0.717, 1.165) is 25.7 Å². The van der Waals surface area contributed by atoms with Crippen LogP contribution in [0.15, 0.2) is 0 Å². The van der Waals surface area contributed by atoms with Gasteiger partial charge in [0.15, 0.2) is 0 Å². The molecule has 0 N–H and O–H groups in total. The largest absolute Gasteiger partial charge is 0.462 e. The molecule has 0 spiro atoms. The molecule has 14 unspecified atom stereocenters. The van der Waals surface area contributed by atoms with E-state index in [-0.39, 0.29) is 35.0 Å². The SMILES string of the molecule is CC12C(=O)OC3CCC4C3C1C1C3C2C2CCC5OC(=O)C(C)(C41)C3C52. The van der Waals surface area contributed by atoms with E-state index in [2.05, 4.69) is 13.8 Å². The number of carbonyl (C=O) groups excluding carboxylic acids is 2. The molecular formula is C22H26O4. The summed E-state index contributed by atoms with van der Waals surface area (Å²) in [4.78, 5) is 26.7. The second-order valence-corrected chi connectivity index (χ2v) is 11.3. The molecule has 0 aromatic heterocycles. The topological polar surface area (TPSA) is 52.6 Å². The first-order valence-electron chi connectivity index (χ1n) is 10.9. The summed E-state index contributed by atoms with van der Waals surface area (Å²) in [5.74, 6) is 5.35. The van der Waals surface area contributed by atoms with Crippen LogP contribution in [0.1, 0.15) is 39.5 Å². The zero-order valence-corrected chi connectivity index (χ0v) is 15.4. The van der Waals surface area contributed by atoms with Gasteiger partial charge in [-0.15, -0.1) is 0 Å². The second-order valence-electron chi connectivity index (χ2n) is 11.3. The van der Waals surface area contributed by atoms with E-state index in [1.807, 2.05) is 0 Å². The van der Waals surface area contributed by atoms with Crippen LogP contribution in [0.5, 0.6) is 0 Å². The Hall–Kier alpha value is -1.06. The summed E-state index contributed by atoms with van der Waals surface area (Å²) < 4.78 is 12.3. The fourth-order valence-corrected chi connectivity index (χ4v) is 11.4. The molecule has 4 nitrogen and oxygen atoms in total. The fourth-order valence-electron chi connectivity index (χ4n) is 11.4. The lowest BCUT2D eigenvalue weighted by Gasteiger charge is -2.47. The second kappa shape index (κ2) is 3.63. The highest BCUT2D eigenvalue weighted by Crippen LogP contribution is 2.86. The normalized spacial score (nSPS) is 72.7. The first kappa shape index (κ1) is 14.0. The van der Waals surface area contributed by atoms with E-state index >= 15 is 0 Å². The fraction of sp³-hybridized carbons (Fsp3) is 0.909. The first-order chi connectivity index (χ1) is 12.5. The minimum Gasteiger partial charge on any atom is -0.462 e. The molecule has 8 rings (SSSR count). The van der Waals surface area contributed by atoms with E-state index in [0.29, 0.717) is 59.2 Å². The van der Waals surface area contributed by atoms with Crippen molar-refractivity contribution in [2.75, 3.05) is 0 Å². The molecule has 4 heteroatoms. The third-order valence-electron chi connectivity index (χ3n) is 11.4. The van der Waals surface area contributed by atoms with Gasteiger partial charge in [0.2, 0.25) is 0 Å². The summed E-state index contributed by atoms with van der Waals surface area (Å²) in [6, 6.07) is 0. The van der Waals surface area contributed by atoms with Crippen molar-refractivity contribution in [1.82, 2.24) is 0 Å². The van der Waals surface area contributed by atoms with Crippen molar-refractivity contribution in [2.24, 2.45) is 70.0 Å². The Bertz CT molecular complexity index is 740. The van der Waals surface area contributed by atoms with Crippen LogP contribution in [0.2, 0.25) is 0 Å². The zero-order chi connectivity index (χ0) is 17.3. The van der Waals surface area contributed by atoms with Gasteiger partial charge < -0.3 is 9.47 Å². The number of esters is 2. The molecule has 8 fully saturated rings. The van der Waals surface area contributed by atoms with Crippen LogP contribution in [0, 0.1) is 70.0 Å². The molecule has 6 aliphatic carbocycles. The molecular weight excluding hydrogens is 328 g/mol. The van der Waals surface area contributed by atoms with Crippen LogP contribution in [-0.2, 0) is 19.1 Å². The lowest BCUT2D eigenvalue weighted by atomic mass is 9.61. The molecule has 0 bridgehead atoms. The minimum absolute atomic E-state index is 0.112. The highest BCUT2D eigenvalue weighted by Gasteiger charge is 2.88. The van der Waals surface area contributed by atoms with Gasteiger partial charge in [-0.2, -0.15) is 0 Å². The van der Waals surface area contributed by atoms with Crippen molar-refractivity contribution in [1.29, 1.82) is 0 Å². The van der Waals surface area contributed by atoms with Gasteiger partial charge in [-0.25, -0.2) is 0 Å². The molecule has 2 saturated heterocycles. The smallest absolute Gasteiger partial charge is 0.312 e. The Morgan fingerprint density at radius 1 is 0.654 bits per heavy atom. The highest BCUT2D eigenvalue weighted by molar-refractivity contribution is 5.83. The number of carbonyl (C=O) groups is 2. The standard InChI is InChI=1S/C22H26O4/c1-21-15-7-3-5-10-12(7)18-13(15)14-16(22(18,2)20(24)26-10)8-4-6-9(25-19(21)23)11(8)17(14)21/h7-18H,3-6H2,1-2H3. The van der Waals surface area contributed by atoms with Crippen LogP contribution in [0.3, 0.4) is 0 Å². The summed E-state index contributed by atoms with van der Waals surface area (Å²) in [5, 5.41) is 0. The Morgan fingerprint density at radius 3 is 1.50 bits per heavy atom. The lowest BCUT2D eigenvalue weighted by molar-refractivity contribution is -0.189. The zero-order valence-electron chi connectivity index (χ0n) is 15.4. The molecule has 8 aliphatic rings. The van der Waals surface area contributed by atoms with E-state index in [4.69, 9.17) is 9.47 Å². The van der Waals surface area contributed by atoms with Gasteiger partial charge in [0.1, 0.15) is 12.2 Å². The number of hydrogen-bond acceptors (Lipinski definition) is 4. The van der Waals surface area contributed by atoms with Gasteiger partial charge in [-0.3, -0.25) is 9.59 Å². The van der Waals surface area contributed by atoms with Crippen molar-refractivity contribution < 1.29 is 19.1 Å². The molecule has 6 saturated carbocycles. The van der Waals surface area contributed by atoms with Gasteiger partial charge in [-0.05, 0) is 86.9 Å². The van der Waals surface area contributed by atoms with Crippen LogP contribution in [0.25, 0.3) is 0 Å². The summed E-state index contributed by atoms with van der Waals surface area (Å²) in [6.45, 7) is 4.53. The first-order valence-corrected chi connectivity index (χ1v) is 10.9. The number of ether oxygens (including phenoxy) is 2. The van der Waals surface area contributed by atoms with E-state index in [9.17, 15) is 9.59 Å². The average molecular weight is 354 g/mol. The third kappa shape index (κ3) is 1.00. The maximum Gasteiger partial charge on any atom is 0.312 e. The average Bonchev–Trinajstić information content (AvgIpc) is 3.34. The molecule has 0 aromatic carbocycles. The monoisotopic (exact) mass is 354 g/mol. The molecule has 0 aromatic rings. The molecule has 0 amide bonds. The maximum absolute atomic E-state index is 13.4. The van der Waals surface area contributed by atoms with Crippen LogP contribution in [0.4, 0.5) is 0 Å². The van der Waals surface area contributed by atoms with Gasteiger partial charge in [0, 0.05) is 11.8 Å². The molecule has 138 valence electrons. The summed E-state index contributed by atoms with van der Waals surface area (Å²) >= 11 is 0. The quantitative estimate of drug-likeness (QED) is 0.628. The molecule has 26 heavy (non-hydrogen) atoms. The van der Waals surface area contributed by atoms with Crippen molar-refractivity contribution >= 4 is 11.9 Å². The highest BCUT2D eigenvalue weighted by atomic mass is 16.6. The molecule has 2 heterocycles. The Morgan fingerprint density at radius 2 is 1.08 bits per heavy atom. The van der Waals surface area contributed by atoms with Gasteiger partial charge in [-0.1, -0.05) is 0 Å². The predicted octanol–water partition coefficient (Wildman–Crippen LogP) is 2.65. The Kier molecular flexibility index (Phi) is 1.95. The number of rotatable bonds is 0. The predicted molar refractivity (Wildman–Crippen MR) is 89.3 cm³/mol. The Balaban J connectivity index is 1.45. The summed E-state index contributed by atoms with van der Waals surface area (Å²) in [7, 11) is 0. The van der Waals surface area contributed by atoms with Crippen LogP contribution >= 0.6 is 0 Å². The summed E-state index contributed by atoms with van der Waals surface area (Å²) in [5.41, 5.74) is -0.593. The van der Waals surface area contributed by atoms with Gasteiger partial charge in [0.25, 0.3) is 0 Å². The van der Waals surface area contributed by atoms with Gasteiger partial charge >= 0.3 is 11.9 Å². The minimum atomic E-state index is -0.297. The van der Waals surface area contributed by atoms with Crippen molar-refractivity contribution in [3.8, 4) is 0 Å². The van der Waals surface area contributed by atoms with Crippen molar-refractivity contribution in [2.45, 2.75) is 51.7 Å². The lowest BCUT2D eigenvalue weighted by Crippen LogP contribution is -2.53. The van der Waals surface area contributed by atoms with Crippen molar-refractivity contribution in [3.63, 3.8) is 0 Å². The van der Waals surface area contributed by atoms with Crippen LogP contribution < -0.4 is 0 Å². The van der Waals surface area contributed by atoms with E-state index < -0.39 is 0 Å². The van der Waals surface area contributed by atoms with Crippen molar-refractivity contribution in [3.05, 3.63) is 0 Å². The van der Waals surface area contributed by atoms with E-state index in [1.54, 1.807) is 0 Å². The van der Waals surface area contributed by atoms with Crippen LogP contribution in [-0.4, -0.2) is 24.1 Å². The molecule has 2 aliphatic heterocycles. The Labute approximate surface area is 153 Å². The third-order valence-corrected chi connectivity index (χ3v) is 11.4. The van der Waals surface area contributed by atoms with E-state index in [1.165, 1.54) is 0 Å².